The Morgan fingerprint density at radius 1 is 1.03 bits per heavy atom. The molecule has 0 aliphatic rings. The van der Waals surface area contributed by atoms with Gasteiger partial charge in [-0.05, 0) is 47.4 Å². The number of carbonyl (C=O) groups is 1. The topological polar surface area (TPSA) is 59.9 Å². The van der Waals surface area contributed by atoms with E-state index in [-0.39, 0.29) is 5.91 Å². The van der Waals surface area contributed by atoms with Crippen molar-refractivity contribution in [1.29, 1.82) is 0 Å². The molecular weight excluding hydrogens is 408 g/mol. The number of methoxy groups -OCH3 is 1. The van der Waals surface area contributed by atoms with E-state index in [0.29, 0.717) is 23.9 Å². The smallest absolute Gasteiger partial charge is 0.250 e. The van der Waals surface area contributed by atoms with Gasteiger partial charge in [0.1, 0.15) is 6.61 Å². The number of amides is 1. The first-order valence-electron chi connectivity index (χ1n) is 9.94. The van der Waals surface area contributed by atoms with Crippen molar-refractivity contribution in [3.8, 4) is 11.5 Å². The van der Waals surface area contributed by atoms with Gasteiger partial charge in [0.15, 0.2) is 11.5 Å². The fraction of sp³-hybridized carbons (Fsp3) is 0.200. The molecule has 0 unspecified atom stereocenters. The van der Waals surface area contributed by atoms with E-state index in [4.69, 9.17) is 9.47 Å². The normalized spacial score (nSPS) is 10.8. The Bertz CT molecular complexity index is 1020. The molecule has 5 nitrogen and oxygen atoms in total. The lowest BCUT2D eigenvalue weighted by Crippen LogP contribution is -2.19. The number of carbonyl (C=O) groups excluding carboxylic acids is 1. The molecule has 31 heavy (non-hydrogen) atoms. The molecule has 0 heterocycles. The molecule has 0 saturated carbocycles. The Morgan fingerprint density at radius 3 is 2.58 bits per heavy atom. The second-order valence-electron chi connectivity index (χ2n) is 6.90. The summed E-state index contributed by atoms with van der Waals surface area (Å²) < 4.78 is 11.3. The largest absolute Gasteiger partial charge is 0.493 e. The van der Waals surface area contributed by atoms with Crippen LogP contribution in [0.3, 0.4) is 0 Å². The van der Waals surface area contributed by atoms with Crippen molar-refractivity contribution >= 4 is 23.9 Å². The molecule has 0 bridgehead atoms. The zero-order valence-electron chi connectivity index (χ0n) is 17.7. The second kappa shape index (κ2) is 11.8. The average Bonchev–Trinajstić information content (AvgIpc) is 2.80. The minimum Gasteiger partial charge on any atom is -0.493 e. The first-order chi connectivity index (χ1) is 15.2. The van der Waals surface area contributed by atoms with E-state index in [9.17, 15) is 4.79 Å². The maximum Gasteiger partial charge on any atom is 0.250 e. The molecule has 1 N–H and O–H groups in total. The predicted octanol–water partition coefficient (Wildman–Crippen LogP) is 4.97. The molecule has 0 saturated heterocycles. The highest BCUT2D eigenvalue weighted by Crippen LogP contribution is 2.28. The van der Waals surface area contributed by atoms with Crippen LogP contribution in [0.1, 0.15) is 22.3 Å². The Kier molecular flexibility index (Phi) is 8.55. The third kappa shape index (κ3) is 7.19. The molecule has 0 spiro atoms. The molecule has 160 valence electrons. The molecule has 0 fully saturated rings. The van der Waals surface area contributed by atoms with Gasteiger partial charge in [0, 0.05) is 5.75 Å². The summed E-state index contributed by atoms with van der Waals surface area (Å²) in [7, 11) is 1.60. The van der Waals surface area contributed by atoms with E-state index in [1.165, 1.54) is 11.1 Å². The van der Waals surface area contributed by atoms with Gasteiger partial charge in [-0.15, -0.1) is 11.8 Å². The van der Waals surface area contributed by atoms with Crippen molar-refractivity contribution in [2.75, 3.05) is 12.9 Å². The lowest BCUT2D eigenvalue weighted by atomic mass is 10.1. The fourth-order valence-corrected chi connectivity index (χ4v) is 3.75. The molecule has 0 aromatic heterocycles. The molecule has 6 heteroatoms. The monoisotopic (exact) mass is 434 g/mol. The van der Waals surface area contributed by atoms with Crippen molar-refractivity contribution in [1.82, 2.24) is 5.43 Å². The highest BCUT2D eigenvalue weighted by molar-refractivity contribution is 7.99. The van der Waals surface area contributed by atoms with Crippen LogP contribution >= 0.6 is 11.8 Å². The van der Waals surface area contributed by atoms with Crippen LogP contribution < -0.4 is 14.9 Å². The van der Waals surface area contributed by atoms with E-state index in [1.807, 2.05) is 60.7 Å². The van der Waals surface area contributed by atoms with Crippen LogP contribution in [0.2, 0.25) is 0 Å². The Balaban J connectivity index is 1.47. The van der Waals surface area contributed by atoms with Crippen molar-refractivity contribution in [2.24, 2.45) is 5.10 Å². The quantitative estimate of drug-likeness (QED) is 0.362. The number of nitrogens with one attached hydrogen (secondary N) is 1. The maximum atomic E-state index is 12.0. The maximum absolute atomic E-state index is 12.0. The molecule has 3 aromatic carbocycles. The summed E-state index contributed by atoms with van der Waals surface area (Å²) in [5.74, 6) is 2.27. The van der Waals surface area contributed by atoms with E-state index >= 15 is 0 Å². The van der Waals surface area contributed by atoms with Crippen molar-refractivity contribution in [3.63, 3.8) is 0 Å². The lowest BCUT2D eigenvalue weighted by molar-refractivity contribution is -0.118. The van der Waals surface area contributed by atoms with Crippen LogP contribution in [0.25, 0.3) is 0 Å². The summed E-state index contributed by atoms with van der Waals surface area (Å²) in [6.07, 6.45) is 1.59. The summed E-state index contributed by atoms with van der Waals surface area (Å²) in [6, 6.07) is 23.7. The Hall–Kier alpha value is -3.25. The molecule has 0 aliphatic carbocycles. The number of hydrogen-bond donors (Lipinski definition) is 1. The number of thioether (sulfide) groups is 1. The van der Waals surface area contributed by atoms with Crippen LogP contribution in [-0.4, -0.2) is 25.0 Å². The molecule has 3 rings (SSSR count). The highest BCUT2D eigenvalue weighted by atomic mass is 32.2. The third-order valence-electron chi connectivity index (χ3n) is 4.58. The number of hydrazone groups is 1. The molecule has 0 radical (unpaired) electrons. The Labute approximate surface area is 187 Å². The standard InChI is InChI=1S/C25H26N2O3S/c1-19-8-6-7-11-22(19)17-31-18-25(28)27-26-15-21-12-13-23(24(14-21)29-2)30-16-20-9-4-3-5-10-20/h3-15H,16-18H2,1-2H3,(H,27,28). The molecule has 0 atom stereocenters. The van der Waals surface area contributed by atoms with Gasteiger partial charge in [-0.25, -0.2) is 5.43 Å². The first-order valence-corrected chi connectivity index (χ1v) is 11.1. The van der Waals surface area contributed by atoms with Gasteiger partial charge in [0.25, 0.3) is 0 Å². The Morgan fingerprint density at radius 2 is 1.81 bits per heavy atom. The molecule has 1 amide bonds. The number of rotatable bonds is 10. The molecule has 0 aliphatic heterocycles. The lowest BCUT2D eigenvalue weighted by Gasteiger charge is -2.11. The van der Waals surface area contributed by atoms with E-state index in [0.717, 1.165) is 16.9 Å². The summed E-state index contributed by atoms with van der Waals surface area (Å²) in [5.41, 5.74) is 6.93. The summed E-state index contributed by atoms with van der Waals surface area (Å²) in [4.78, 5) is 12.0. The van der Waals surface area contributed by atoms with Crippen LogP contribution in [0.5, 0.6) is 11.5 Å². The highest BCUT2D eigenvalue weighted by Gasteiger charge is 2.06. The molecule has 3 aromatic rings. The van der Waals surface area contributed by atoms with Gasteiger partial charge in [0.05, 0.1) is 19.1 Å². The minimum absolute atomic E-state index is 0.135. The predicted molar refractivity (Wildman–Crippen MR) is 127 cm³/mol. The van der Waals surface area contributed by atoms with E-state index < -0.39 is 0 Å². The van der Waals surface area contributed by atoms with Gasteiger partial charge < -0.3 is 9.47 Å². The van der Waals surface area contributed by atoms with Gasteiger partial charge in [-0.3, -0.25) is 4.79 Å². The van der Waals surface area contributed by atoms with E-state index in [1.54, 1.807) is 25.1 Å². The first kappa shape index (κ1) is 22.4. The van der Waals surface area contributed by atoms with E-state index in [2.05, 4.69) is 29.6 Å². The zero-order valence-corrected chi connectivity index (χ0v) is 18.5. The van der Waals surface area contributed by atoms with Crippen molar-refractivity contribution < 1.29 is 14.3 Å². The summed E-state index contributed by atoms with van der Waals surface area (Å²) in [6.45, 7) is 2.54. The number of ether oxygens (including phenoxy) is 2. The average molecular weight is 435 g/mol. The van der Waals surface area contributed by atoms with Crippen LogP contribution in [0.4, 0.5) is 0 Å². The van der Waals surface area contributed by atoms with Gasteiger partial charge in [-0.1, -0.05) is 54.6 Å². The molecular formula is C25H26N2O3S. The van der Waals surface area contributed by atoms with Crippen molar-refractivity contribution in [2.45, 2.75) is 19.3 Å². The fourth-order valence-electron chi connectivity index (χ4n) is 2.86. The van der Waals surface area contributed by atoms with Crippen LogP contribution in [0, 0.1) is 6.92 Å². The van der Waals surface area contributed by atoms with Gasteiger partial charge in [0.2, 0.25) is 5.91 Å². The van der Waals surface area contributed by atoms with Crippen LogP contribution in [-0.2, 0) is 17.2 Å². The SMILES string of the molecule is COc1cc(C=NNC(=O)CSCc2ccccc2C)ccc1OCc1ccccc1. The van der Waals surface area contributed by atoms with Gasteiger partial charge >= 0.3 is 0 Å². The number of nitrogens with zero attached hydrogens (tertiary/aromatic N) is 1. The number of aryl methyl sites for hydroxylation is 1. The van der Waals surface area contributed by atoms with Crippen LogP contribution in [0.15, 0.2) is 77.9 Å². The summed E-state index contributed by atoms with van der Waals surface area (Å²) >= 11 is 1.56. The second-order valence-corrected chi connectivity index (χ2v) is 7.88. The third-order valence-corrected chi connectivity index (χ3v) is 5.56. The number of hydrogen-bond acceptors (Lipinski definition) is 5. The zero-order chi connectivity index (χ0) is 21.9. The minimum atomic E-state index is -0.135. The summed E-state index contributed by atoms with van der Waals surface area (Å²) in [5, 5.41) is 4.05. The number of benzene rings is 3. The van der Waals surface area contributed by atoms with Gasteiger partial charge in [-0.2, -0.15) is 5.10 Å². The van der Waals surface area contributed by atoms with Crippen molar-refractivity contribution in [3.05, 3.63) is 95.1 Å².